The van der Waals surface area contributed by atoms with Crippen LogP contribution in [-0.2, 0) is 0 Å². The first kappa shape index (κ1) is 13.1. The third-order valence-corrected chi connectivity index (χ3v) is 4.47. The first-order valence-electron chi connectivity index (χ1n) is 6.35. The van der Waals surface area contributed by atoms with Gasteiger partial charge in [-0.25, -0.2) is 8.78 Å². The Morgan fingerprint density at radius 3 is 2.95 bits per heavy atom. The van der Waals surface area contributed by atoms with Crippen LogP contribution in [0, 0.1) is 6.92 Å². The molecule has 0 amide bonds. The van der Waals surface area contributed by atoms with Crippen molar-refractivity contribution in [1.29, 1.82) is 0 Å². The lowest BCUT2D eigenvalue weighted by Crippen LogP contribution is -2.47. The number of aromatic nitrogens is 1. The van der Waals surface area contributed by atoms with Crippen molar-refractivity contribution in [3.8, 4) is 0 Å². The zero-order valence-electron chi connectivity index (χ0n) is 10.6. The highest BCUT2D eigenvalue weighted by Gasteiger charge is 2.43. The Kier molecular flexibility index (Phi) is 3.14. The predicted molar refractivity (Wildman–Crippen MR) is 75.8 cm³/mol. The predicted octanol–water partition coefficient (Wildman–Crippen LogP) is 3.88. The first-order chi connectivity index (χ1) is 9.00. The highest BCUT2D eigenvalue weighted by atomic mass is 79.9. The number of nitrogens with zero attached hydrogens (tertiary/aromatic N) is 1. The summed E-state index contributed by atoms with van der Waals surface area (Å²) in [5.74, 6) is -2.71. The third-order valence-electron chi connectivity index (χ3n) is 3.78. The summed E-state index contributed by atoms with van der Waals surface area (Å²) >= 11 is 3.48. The summed E-state index contributed by atoms with van der Waals surface area (Å²) in [6, 6.07) is 6.94. The minimum absolute atomic E-state index is 0.245. The van der Waals surface area contributed by atoms with Crippen LogP contribution in [0.25, 0.3) is 10.9 Å². The summed E-state index contributed by atoms with van der Waals surface area (Å²) in [4.78, 5) is 0. The van der Waals surface area contributed by atoms with E-state index in [4.69, 9.17) is 0 Å². The van der Waals surface area contributed by atoms with Gasteiger partial charge in [0.1, 0.15) is 0 Å². The van der Waals surface area contributed by atoms with Gasteiger partial charge in [-0.05, 0) is 38.1 Å². The van der Waals surface area contributed by atoms with Crippen LogP contribution in [0.15, 0.2) is 28.7 Å². The molecule has 1 aromatic carbocycles. The molecule has 0 saturated carbocycles. The molecule has 1 saturated heterocycles. The Balaban J connectivity index is 2.19. The van der Waals surface area contributed by atoms with E-state index in [1.165, 1.54) is 0 Å². The van der Waals surface area contributed by atoms with Gasteiger partial charge in [0.05, 0.1) is 12.6 Å². The van der Waals surface area contributed by atoms with Crippen molar-refractivity contribution >= 4 is 26.8 Å². The van der Waals surface area contributed by atoms with Gasteiger partial charge >= 0.3 is 0 Å². The molecule has 1 aliphatic rings. The molecule has 2 heterocycles. The lowest BCUT2D eigenvalue weighted by atomic mass is 10.0. The number of hydrogen-bond donors (Lipinski definition) is 1. The average Bonchev–Trinajstić information content (AvgIpc) is 2.67. The molecule has 1 N–H and O–H groups in total. The molecule has 0 bridgehead atoms. The van der Waals surface area contributed by atoms with Crippen LogP contribution < -0.4 is 5.32 Å². The summed E-state index contributed by atoms with van der Waals surface area (Å²) < 4.78 is 31.0. The van der Waals surface area contributed by atoms with Gasteiger partial charge in [0.15, 0.2) is 0 Å². The minimum Gasteiger partial charge on any atom is -0.336 e. The SMILES string of the molecule is Cc1cc2c(Br)cccc2n1C1CCNCC1(F)F. The summed E-state index contributed by atoms with van der Waals surface area (Å²) in [6.07, 6.45) is 0.449. The number of aryl methyl sites for hydroxylation is 1. The quantitative estimate of drug-likeness (QED) is 0.840. The third kappa shape index (κ3) is 2.09. The Labute approximate surface area is 118 Å². The van der Waals surface area contributed by atoms with Gasteiger partial charge < -0.3 is 9.88 Å². The summed E-state index contributed by atoms with van der Waals surface area (Å²) in [5.41, 5.74) is 1.76. The molecule has 3 rings (SSSR count). The fourth-order valence-corrected chi connectivity index (χ4v) is 3.37. The van der Waals surface area contributed by atoms with Crippen LogP contribution in [0.4, 0.5) is 8.78 Å². The van der Waals surface area contributed by atoms with E-state index >= 15 is 0 Å². The number of nitrogens with one attached hydrogen (secondary N) is 1. The minimum atomic E-state index is -2.71. The van der Waals surface area contributed by atoms with E-state index in [1.807, 2.05) is 31.2 Å². The highest BCUT2D eigenvalue weighted by molar-refractivity contribution is 9.10. The molecule has 2 aromatic rings. The molecule has 5 heteroatoms. The fraction of sp³-hybridized carbons (Fsp3) is 0.429. The van der Waals surface area contributed by atoms with Crippen molar-refractivity contribution in [3.63, 3.8) is 0 Å². The molecule has 1 fully saturated rings. The van der Waals surface area contributed by atoms with Gasteiger partial charge in [0.2, 0.25) is 0 Å². The second-order valence-corrected chi connectivity index (χ2v) is 5.92. The van der Waals surface area contributed by atoms with E-state index in [9.17, 15) is 8.78 Å². The smallest absolute Gasteiger partial charge is 0.280 e. The largest absolute Gasteiger partial charge is 0.336 e. The van der Waals surface area contributed by atoms with Crippen LogP contribution >= 0.6 is 15.9 Å². The number of halogens is 3. The Morgan fingerprint density at radius 1 is 1.42 bits per heavy atom. The Hall–Kier alpha value is -0.940. The zero-order valence-corrected chi connectivity index (χ0v) is 12.2. The molecular weight excluding hydrogens is 314 g/mol. The zero-order chi connectivity index (χ0) is 13.6. The van der Waals surface area contributed by atoms with Crippen molar-refractivity contribution in [2.24, 2.45) is 0 Å². The molecule has 1 aromatic heterocycles. The number of rotatable bonds is 1. The number of benzene rings is 1. The molecular formula is C14H15BrF2N2. The van der Waals surface area contributed by atoms with Gasteiger partial charge in [-0.2, -0.15) is 0 Å². The number of alkyl halides is 2. The van der Waals surface area contributed by atoms with Gasteiger partial charge in [-0.15, -0.1) is 0 Å². The van der Waals surface area contributed by atoms with Crippen molar-refractivity contribution in [1.82, 2.24) is 9.88 Å². The molecule has 102 valence electrons. The van der Waals surface area contributed by atoms with E-state index in [-0.39, 0.29) is 6.54 Å². The van der Waals surface area contributed by atoms with Crippen molar-refractivity contribution < 1.29 is 8.78 Å². The molecule has 19 heavy (non-hydrogen) atoms. The van der Waals surface area contributed by atoms with Gasteiger partial charge in [0.25, 0.3) is 5.92 Å². The van der Waals surface area contributed by atoms with E-state index in [1.54, 1.807) is 4.57 Å². The van der Waals surface area contributed by atoms with E-state index in [2.05, 4.69) is 21.2 Å². The lowest BCUT2D eigenvalue weighted by Gasteiger charge is -2.34. The maximum atomic E-state index is 14.1. The number of piperidine rings is 1. The average molecular weight is 329 g/mol. The summed E-state index contributed by atoms with van der Waals surface area (Å²) in [5, 5.41) is 3.77. The summed E-state index contributed by atoms with van der Waals surface area (Å²) in [7, 11) is 0. The van der Waals surface area contributed by atoms with Gasteiger partial charge in [-0.1, -0.05) is 22.0 Å². The first-order valence-corrected chi connectivity index (χ1v) is 7.14. The monoisotopic (exact) mass is 328 g/mol. The molecule has 2 nitrogen and oxygen atoms in total. The second kappa shape index (κ2) is 4.56. The Morgan fingerprint density at radius 2 is 2.21 bits per heavy atom. The maximum absolute atomic E-state index is 14.1. The van der Waals surface area contributed by atoms with E-state index < -0.39 is 12.0 Å². The second-order valence-electron chi connectivity index (χ2n) is 5.07. The lowest BCUT2D eigenvalue weighted by molar-refractivity contribution is -0.0649. The standard InChI is InChI=1S/C14H15BrF2N2/c1-9-7-10-11(15)3-2-4-12(10)19(9)13-5-6-18-8-14(13,16)17/h2-4,7,13,18H,5-6,8H2,1H3. The molecule has 0 spiro atoms. The molecule has 1 aliphatic heterocycles. The Bertz CT molecular complexity index is 621. The van der Waals surface area contributed by atoms with Crippen LogP contribution in [-0.4, -0.2) is 23.6 Å². The normalized spacial score (nSPS) is 22.8. The molecule has 0 radical (unpaired) electrons. The summed E-state index contributed by atoms with van der Waals surface area (Å²) in [6.45, 7) is 2.28. The molecule has 1 unspecified atom stereocenters. The van der Waals surface area contributed by atoms with Crippen LogP contribution in [0.5, 0.6) is 0 Å². The fourth-order valence-electron chi connectivity index (χ4n) is 2.90. The number of hydrogen-bond acceptors (Lipinski definition) is 1. The highest BCUT2D eigenvalue weighted by Crippen LogP contribution is 2.38. The van der Waals surface area contributed by atoms with Crippen molar-refractivity contribution in [2.75, 3.05) is 13.1 Å². The van der Waals surface area contributed by atoms with Crippen LogP contribution in [0.3, 0.4) is 0 Å². The van der Waals surface area contributed by atoms with Gasteiger partial charge in [-0.3, -0.25) is 0 Å². The van der Waals surface area contributed by atoms with Crippen LogP contribution in [0.1, 0.15) is 18.2 Å². The van der Waals surface area contributed by atoms with E-state index in [0.717, 1.165) is 21.1 Å². The van der Waals surface area contributed by atoms with Crippen LogP contribution in [0.2, 0.25) is 0 Å². The van der Waals surface area contributed by atoms with Gasteiger partial charge in [0, 0.05) is 21.1 Å². The topological polar surface area (TPSA) is 17.0 Å². The van der Waals surface area contributed by atoms with Crippen molar-refractivity contribution in [3.05, 3.63) is 34.4 Å². The number of fused-ring (bicyclic) bond motifs is 1. The van der Waals surface area contributed by atoms with E-state index in [0.29, 0.717) is 13.0 Å². The molecule has 1 atom stereocenters. The van der Waals surface area contributed by atoms with Crippen molar-refractivity contribution in [2.45, 2.75) is 25.3 Å². The molecule has 0 aliphatic carbocycles. The maximum Gasteiger partial charge on any atom is 0.280 e.